The number of nitrogens with zero attached hydrogens (tertiary/aromatic N) is 1. The first-order valence-electron chi connectivity index (χ1n) is 6.03. The van der Waals surface area contributed by atoms with Gasteiger partial charge in [0.1, 0.15) is 5.76 Å². The van der Waals surface area contributed by atoms with E-state index in [-0.39, 0.29) is 12.6 Å². The highest BCUT2D eigenvalue weighted by Gasteiger charge is 2.26. The van der Waals surface area contributed by atoms with E-state index in [2.05, 4.69) is 15.2 Å². The van der Waals surface area contributed by atoms with Gasteiger partial charge in [-0.3, -0.25) is 4.79 Å². The molecule has 0 saturated heterocycles. The Labute approximate surface area is 111 Å². The zero-order valence-electron chi connectivity index (χ0n) is 11.5. The number of hydrogen-bond acceptors (Lipinski definition) is 6. The molecule has 0 bridgehead atoms. The SMILES string of the molecule is CCOC(=O)C(N)C(=O)NC(C)c1c(C)noc1C. The summed E-state index contributed by atoms with van der Waals surface area (Å²) in [5.41, 5.74) is 6.97. The maximum atomic E-state index is 11.8. The van der Waals surface area contributed by atoms with E-state index in [1.165, 1.54) is 0 Å². The van der Waals surface area contributed by atoms with Crippen LogP contribution in [-0.2, 0) is 14.3 Å². The first kappa shape index (κ1) is 15.2. The summed E-state index contributed by atoms with van der Waals surface area (Å²) < 4.78 is 9.71. The fourth-order valence-corrected chi connectivity index (χ4v) is 1.82. The van der Waals surface area contributed by atoms with Crippen LogP contribution in [0.5, 0.6) is 0 Å². The van der Waals surface area contributed by atoms with E-state index in [9.17, 15) is 9.59 Å². The monoisotopic (exact) mass is 269 g/mol. The molecular weight excluding hydrogens is 250 g/mol. The zero-order valence-corrected chi connectivity index (χ0v) is 11.5. The zero-order chi connectivity index (χ0) is 14.6. The maximum Gasteiger partial charge on any atom is 0.332 e. The van der Waals surface area contributed by atoms with Crippen molar-refractivity contribution in [1.82, 2.24) is 10.5 Å². The summed E-state index contributed by atoms with van der Waals surface area (Å²) in [5.74, 6) is -0.716. The summed E-state index contributed by atoms with van der Waals surface area (Å²) in [4.78, 5) is 23.1. The minimum Gasteiger partial charge on any atom is -0.464 e. The molecule has 0 spiro atoms. The normalized spacial score (nSPS) is 13.7. The Morgan fingerprint density at radius 3 is 2.58 bits per heavy atom. The van der Waals surface area contributed by atoms with Crippen LogP contribution >= 0.6 is 0 Å². The predicted octanol–water partition coefficient (Wildman–Crippen LogP) is 0.359. The second-order valence-electron chi connectivity index (χ2n) is 4.20. The molecule has 3 N–H and O–H groups in total. The quantitative estimate of drug-likeness (QED) is 0.590. The molecule has 19 heavy (non-hydrogen) atoms. The molecule has 7 nitrogen and oxygen atoms in total. The Bertz CT molecular complexity index is 450. The van der Waals surface area contributed by atoms with Gasteiger partial charge in [-0.1, -0.05) is 5.16 Å². The molecule has 1 aromatic heterocycles. The number of carbonyl (C=O) groups is 2. The van der Waals surface area contributed by atoms with Crippen LogP contribution in [0.3, 0.4) is 0 Å². The number of aromatic nitrogens is 1. The molecule has 7 heteroatoms. The molecular formula is C12H19N3O4. The lowest BCUT2D eigenvalue weighted by Crippen LogP contribution is -2.47. The third kappa shape index (κ3) is 3.54. The first-order chi connectivity index (χ1) is 8.88. The predicted molar refractivity (Wildman–Crippen MR) is 67.1 cm³/mol. The van der Waals surface area contributed by atoms with Crippen LogP contribution in [0.1, 0.15) is 36.9 Å². The molecule has 0 aliphatic rings. The lowest BCUT2D eigenvalue weighted by Gasteiger charge is -2.16. The average Bonchev–Trinajstić information content (AvgIpc) is 2.68. The van der Waals surface area contributed by atoms with E-state index >= 15 is 0 Å². The summed E-state index contributed by atoms with van der Waals surface area (Å²) in [6.07, 6.45) is 0. The highest BCUT2D eigenvalue weighted by atomic mass is 16.5. The maximum absolute atomic E-state index is 11.8. The van der Waals surface area contributed by atoms with E-state index < -0.39 is 17.9 Å². The molecule has 0 radical (unpaired) electrons. The summed E-state index contributed by atoms with van der Waals surface area (Å²) in [6.45, 7) is 7.12. The van der Waals surface area contributed by atoms with Crippen LogP contribution in [-0.4, -0.2) is 29.7 Å². The molecule has 106 valence electrons. The van der Waals surface area contributed by atoms with Gasteiger partial charge in [0.15, 0.2) is 6.04 Å². The largest absolute Gasteiger partial charge is 0.464 e. The average molecular weight is 269 g/mol. The number of nitrogens with one attached hydrogen (secondary N) is 1. The number of esters is 1. The molecule has 1 amide bonds. The summed E-state index contributed by atoms with van der Waals surface area (Å²) in [5, 5.41) is 6.44. The van der Waals surface area contributed by atoms with E-state index in [1.54, 1.807) is 27.7 Å². The third-order valence-electron chi connectivity index (χ3n) is 2.70. The van der Waals surface area contributed by atoms with E-state index in [1.807, 2.05) is 0 Å². The molecule has 2 atom stereocenters. The van der Waals surface area contributed by atoms with Gasteiger partial charge in [-0.25, -0.2) is 4.79 Å². The van der Waals surface area contributed by atoms with E-state index in [0.29, 0.717) is 11.5 Å². The van der Waals surface area contributed by atoms with Crippen LogP contribution in [0.4, 0.5) is 0 Å². The first-order valence-corrected chi connectivity index (χ1v) is 6.03. The van der Waals surface area contributed by atoms with Gasteiger partial charge < -0.3 is 20.3 Å². The summed E-state index contributed by atoms with van der Waals surface area (Å²) in [6, 6.07) is -1.68. The van der Waals surface area contributed by atoms with Crippen LogP contribution < -0.4 is 11.1 Å². The molecule has 1 heterocycles. The van der Waals surface area contributed by atoms with Gasteiger partial charge in [-0.15, -0.1) is 0 Å². The van der Waals surface area contributed by atoms with Gasteiger partial charge >= 0.3 is 5.97 Å². The molecule has 0 aliphatic carbocycles. The van der Waals surface area contributed by atoms with Crippen LogP contribution in [0, 0.1) is 13.8 Å². The number of nitrogens with two attached hydrogens (primary N) is 1. The standard InChI is InChI=1S/C12H19N3O4/c1-5-18-12(17)10(13)11(16)14-6(2)9-7(3)15-19-8(9)4/h6,10H,5,13H2,1-4H3,(H,14,16). The van der Waals surface area contributed by atoms with Gasteiger partial charge in [0, 0.05) is 5.56 Å². The third-order valence-corrected chi connectivity index (χ3v) is 2.70. The number of rotatable bonds is 5. The highest BCUT2D eigenvalue weighted by Crippen LogP contribution is 2.20. The lowest BCUT2D eigenvalue weighted by molar-refractivity contribution is -0.148. The van der Waals surface area contributed by atoms with Crippen LogP contribution in [0.15, 0.2) is 4.52 Å². The fraction of sp³-hybridized carbons (Fsp3) is 0.583. The minimum absolute atomic E-state index is 0.180. The van der Waals surface area contributed by atoms with Gasteiger partial charge in [0.2, 0.25) is 5.91 Å². The number of hydrogen-bond donors (Lipinski definition) is 2. The highest BCUT2D eigenvalue weighted by molar-refractivity contribution is 6.01. The van der Waals surface area contributed by atoms with Crippen molar-refractivity contribution in [2.75, 3.05) is 6.61 Å². The van der Waals surface area contributed by atoms with Gasteiger partial charge in [-0.05, 0) is 27.7 Å². The van der Waals surface area contributed by atoms with Crippen LogP contribution in [0.25, 0.3) is 0 Å². The summed E-state index contributed by atoms with van der Waals surface area (Å²) >= 11 is 0. The minimum atomic E-state index is -1.33. The number of carbonyl (C=O) groups excluding carboxylic acids is 2. The summed E-state index contributed by atoms with van der Waals surface area (Å²) in [7, 11) is 0. The van der Waals surface area contributed by atoms with Crippen molar-refractivity contribution < 1.29 is 18.8 Å². The van der Waals surface area contributed by atoms with Crippen molar-refractivity contribution in [3.8, 4) is 0 Å². The topological polar surface area (TPSA) is 107 Å². The smallest absolute Gasteiger partial charge is 0.332 e. The molecule has 0 aromatic carbocycles. The second kappa shape index (κ2) is 6.33. The molecule has 0 fully saturated rings. The Kier molecular flexibility index (Phi) is 5.05. The lowest BCUT2D eigenvalue weighted by atomic mass is 10.1. The number of ether oxygens (including phenoxy) is 1. The molecule has 0 aliphatic heterocycles. The van der Waals surface area contributed by atoms with Crippen molar-refractivity contribution in [2.24, 2.45) is 5.73 Å². The van der Waals surface area contributed by atoms with Crippen molar-refractivity contribution in [1.29, 1.82) is 0 Å². The Morgan fingerprint density at radius 2 is 2.11 bits per heavy atom. The van der Waals surface area contributed by atoms with Crippen LogP contribution in [0.2, 0.25) is 0 Å². The Balaban J connectivity index is 2.69. The second-order valence-corrected chi connectivity index (χ2v) is 4.20. The van der Waals surface area contributed by atoms with Gasteiger partial charge in [0.05, 0.1) is 18.3 Å². The van der Waals surface area contributed by atoms with Crippen molar-refractivity contribution >= 4 is 11.9 Å². The van der Waals surface area contributed by atoms with Crippen molar-refractivity contribution in [3.05, 3.63) is 17.0 Å². The van der Waals surface area contributed by atoms with Crippen molar-refractivity contribution in [2.45, 2.75) is 39.8 Å². The van der Waals surface area contributed by atoms with E-state index in [4.69, 9.17) is 10.3 Å². The number of aryl methyl sites for hydroxylation is 2. The van der Waals surface area contributed by atoms with Gasteiger partial charge in [-0.2, -0.15) is 0 Å². The van der Waals surface area contributed by atoms with Crippen molar-refractivity contribution in [3.63, 3.8) is 0 Å². The number of amides is 1. The van der Waals surface area contributed by atoms with Gasteiger partial charge in [0.25, 0.3) is 0 Å². The Hall–Kier alpha value is -1.89. The fourth-order valence-electron chi connectivity index (χ4n) is 1.82. The molecule has 2 unspecified atom stereocenters. The Morgan fingerprint density at radius 1 is 1.47 bits per heavy atom. The molecule has 1 rings (SSSR count). The molecule has 0 saturated carbocycles. The molecule has 1 aromatic rings. The van der Waals surface area contributed by atoms with E-state index in [0.717, 1.165) is 5.56 Å².